The maximum Gasteiger partial charge on any atom is 0.234 e. The zero-order valence-corrected chi connectivity index (χ0v) is 20.7. The molecule has 1 amide bonds. The summed E-state index contributed by atoms with van der Waals surface area (Å²) < 4.78 is 8.81. The van der Waals surface area contributed by atoms with Gasteiger partial charge in [-0.25, -0.2) is 0 Å². The summed E-state index contributed by atoms with van der Waals surface area (Å²) in [7, 11) is 0. The maximum absolute atomic E-state index is 12.6. The molecule has 168 valence electrons. The summed E-state index contributed by atoms with van der Waals surface area (Å²) in [6.45, 7) is 4.26. The Morgan fingerprint density at radius 1 is 1.03 bits per heavy atom. The van der Waals surface area contributed by atoms with Crippen LogP contribution in [-0.4, -0.2) is 26.4 Å². The number of rotatable bonds is 8. The molecule has 0 fully saturated rings. The van der Waals surface area contributed by atoms with E-state index >= 15 is 0 Å². The first-order chi connectivity index (χ1) is 16.0. The van der Waals surface area contributed by atoms with Crippen molar-refractivity contribution < 1.29 is 9.53 Å². The fraction of sp³-hybridized carbons (Fsp3) is 0.160. The predicted octanol–water partition coefficient (Wildman–Crippen LogP) is 5.96. The van der Waals surface area contributed by atoms with Gasteiger partial charge < -0.3 is 10.1 Å². The summed E-state index contributed by atoms with van der Waals surface area (Å²) in [5.74, 6) is 1.52. The highest BCUT2D eigenvalue weighted by Crippen LogP contribution is 2.25. The van der Waals surface area contributed by atoms with Gasteiger partial charge in [0, 0.05) is 15.8 Å². The molecule has 0 spiro atoms. The highest BCUT2D eigenvalue weighted by molar-refractivity contribution is 9.10. The molecule has 0 aliphatic rings. The van der Waals surface area contributed by atoms with Gasteiger partial charge in [-0.3, -0.25) is 9.36 Å². The first-order valence-corrected chi connectivity index (χ1v) is 12.2. The normalized spacial score (nSPS) is 10.8. The Kier molecular flexibility index (Phi) is 7.47. The van der Waals surface area contributed by atoms with Crippen LogP contribution in [0.1, 0.15) is 17.0 Å². The second-order valence-corrected chi connectivity index (χ2v) is 9.33. The van der Waals surface area contributed by atoms with Gasteiger partial charge in [0.2, 0.25) is 5.91 Å². The van der Waals surface area contributed by atoms with Crippen molar-refractivity contribution in [2.45, 2.75) is 25.6 Å². The standard InChI is InChI=1S/C25H23BrN4O2S/c1-17-8-11-20(12-9-17)30-23(15-32-21-6-4-3-5-7-21)28-29-25(30)33-16-24(31)27-22-13-10-19(26)14-18(22)2/h3-14H,15-16H2,1-2H3,(H,27,31). The second kappa shape index (κ2) is 10.7. The highest BCUT2D eigenvalue weighted by atomic mass is 79.9. The van der Waals surface area contributed by atoms with Crippen molar-refractivity contribution in [1.29, 1.82) is 0 Å². The highest BCUT2D eigenvalue weighted by Gasteiger charge is 2.17. The quantitative estimate of drug-likeness (QED) is 0.289. The van der Waals surface area contributed by atoms with Crippen molar-refractivity contribution in [2.75, 3.05) is 11.1 Å². The number of nitrogens with one attached hydrogen (secondary N) is 1. The number of anilines is 1. The minimum atomic E-state index is -0.106. The van der Waals surface area contributed by atoms with Crippen LogP contribution in [0.4, 0.5) is 5.69 Å². The van der Waals surface area contributed by atoms with Gasteiger partial charge in [-0.1, -0.05) is 63.6 Å². The number of halogens is 1. The number of amides is 1. The first kappa shape index (κ1) is 23.1. The number of carbonyl (C=O) groups excluding carboxylic acids is 1. The molecule has 8 heteroatoms. The van der Waals surface area contributed by atoms with E-state index in [1.54, 1.807) is 0 Å². The molecule has 0 radical (unpaired) electrons. The topological polar surface area (TPSA) is 69.0 Å². The number of nitrogens with zero attached hydrogens (tertiary/aromatic N) is 3. The minimum Gasteiger partial charge on any atom is -0.486 e. The van der Waals surface area contributed by atoms with Crippen molar-refractivity contribution in [3.8, 4) is 11.4 Å². The molecular formula is C25H23BrN4O2S. The van der Waals surface area contributed by atoms with Crippen molar-refractivity contribution in [3.63, 3.8) is 0 Å². The van der Waals surface area contributed by atoms with Gasteiger partial charge >= 0.3 is 0 Å². The van der Waals surface area contributed by atoms with E-state index in [-0.39, 0.29) is 18.3 Å². The van der Waals surface area contributed by atoms with E-state index in [1.165, 1.54) is 11.8 Å². The Morgan fingerprint density at radius 2 is 1.79 bits per heavy atom. The first-order valence-electron chi connectivity index (χ1n) is 10.4. The van der Waals surface area contributed by atoms with E-state index < -0.39 is 0 Å². The Labute approximate surface area is 205 Å². The molecule has 0 aliphatic carbocycles. The summed E-state index contributed by atoms with van der Waals surface area (Å²) in [6, 6.07) is 23.4. The smallest absolute Gasteiger partial charge is 0.234 e. The molecule has 33 heavy (non-hydrogen) atoms. The minimum absolute atomic E-state index is 0.106. The van der Waals surface area contributed by atoms with Gasteiger partial charge in [-0.15, -0.1) is 10.2 Å². The Bertz CT molecular complexity index is 1240. The van der Waals surface area contributed by atoms with Crippen molar-refractivity contribution in [1.82, 2.24) is 14.8 Å². The summed E-state index contributed by atoms with van der Waals surface area (Å²) in [5, 5.41) is 12.3. The molecule has 1 N–H and O–H groups in total. The molecule has 0 saturated heterocycles. The van der Waals surface area contributed by atoms with Crippen molar-refractivity contribution >= 4 is 39.3 Å². The van der Waals surface area contributed by atoms with Crippen LogP contribution in [0.5, 0.6) is 5.75 Å². The number of hydrogen-bond acceptors (Lipinski definition) is 5. The molecule has 0 atom stereocenters. The molecule has 0 aliphatic heterocycles. The number of aromatic nitrogens is 3. The molecule has 4 rings (SSSR count). The van der Waals surface area contributed by atoms with Gasteiger partial charge in [-0.2, -0.15) is 0 Å². The van der Waals surface area contributed by atoms with Crippen LogP contribution in [0.25, 0.3) is 5.69 Å². The third-order valence-corrected chi connectivity index (χ3v) is 6.32. The fourth-order valence-electron chi connectivity index (χ4n) is 3.19. The van der Waals surface area contributed by atoms with Crippen LogP contribution in [0.15, 0.2) is 82.4 Å². The second-order valence-electron chi connectivity index (χ2n) is 7.47. The summed E-state index contributed by atoms with van der Waals surface area (Å²) in [4.78, 5) is 12.6. The molecule has 0 saturated carbocycles. The van der Waals surface area contributed by atoms with Crippen LogP contribution < -0.4 is 10.1 Å². The van der Waals surface area contributed by atoms with Gasteiger partial charge in [0.15, 0.2) is 11.0 Å². The van der Waals surface area contributed by atoms with Crippen molar-refractivity contribution in [2.24, 2.45) is 0 Å². The van der Waals surface area contributed by atoms with Gasteiger partial charge in [0.1, 0.15) is 12.4 Å². The average Bonchev–Trinajstić information content (AvgIpc) is 3.22. The number of para-hydroxylation sites is 1. The number of ether oxygens (including phenoxy) is 1. The molecule has 0 bridgehead atoms. The lowest BCUT2D eigenvalue weighted by atomic mass is 10.2. The Hall–Kier alpha value is -3.10. The van der Waals surface area contributed by atoms with E-state index in [0.717, 1.165) is 32.7 Å². The molecule has 1 heterocycles. The lowest BCUT2D eigenvalue weighted by molar-refractivity contribution is -0.113. The van der Waals surface area contributed by atoms with E-state index in [9.17, 15) is 4.79 Å². The average molecular weight is 523 g/mol. The van der Waals surface area contributed by atoms with E-state index in [2.05, 4.69) is 31.4 Å². The number of aryl methyl sites for hydroxylation is 2. The third-order valence-electron chi connectivity index (χ3n) is 4.90. The van der Waals surface area contributed by atoms with Gasteiger partial charge in [0.05, 0.1) is 5.75 Å². The molecular weight excluding hydrogens is 500 g/mol. The van der Waals surface area contributed by atoms with Crippen LogP contribution in [0.2, 0.25) is 0 Å². The number of thioether (sulfide) groups is 1. The maximum atomic E-state index is 12.6. The van der Waals surface area contributed by atoms with Crippen LogP contribution >= 0.6 is 27.7 Å². The van der Waals surface area contributed by atoms with Crippen LogP contribution in [0.3, 0.4) is 0 Å². The van der Waals surface area contributed by atoms with Gasteiger partial charge in [-0.05, 0) is 61.9 Å². The predicted molar refractivity (Wildman–Crippen MR) is 135 cm³/mol. The summed E-state index contributed by atoms with van der Waals surface area (Å²) >= 11 is 4.78. The number of carbonyl (C=O) groups is 1. The molecule has 1 aromatic heterocycles. The molecule has 3 aromatic carbocycles. The van der Waals surface area contributed by atoms with E-state index in [0.29, 0.717) is 11.0 Å². The Morgan fingerprint density at radius 3 is 2.52 bits per heavy atom. The Balaban J connectivity index is 1.51. The zero-order chi connectivity index (χ0) is 23.2. The summed E-state index contributed by atoms with van der Waals surface area (Å²) in [5.41, 5.74) is 3.86. The van der Waals surface area contributed by atoms with Crippen LogP contribution in [0, 0.1) is 13.8 Å². The third kappa shape index (κ3) is 6.03. The van der Waals surface area contributed by atoms with E-state index in [4.69, 9.17) is 4.74 Å². The molecule has 6 nitrogen and oxygen atoms in total. The summed E-state index contributed by atoms with van der Waals surface area (Å²) in [6.07, 6.45) is 0. The van der Waals surface area contributed by atoms with Gasteiger partial charge in [0.25, 0.3) is 0 Å². The lowest BCUT2D eigenvalue weighted by Gasteiger charge is -2.12. The zero-order valence-electron chi connectivity index (χ0n) is 18.3. The monoisotopic (exact) mass is 522 g/mol. The largest absolute Gasteiger partial charge is 0.486 e. The fourth-order valence-corrected chi connectivity index (χ4v) is 4.44. The molecule has 4 aromatic rings. The van der Waals surface area contributed by atoms with Crippen LogP contribution in [-0.2, 0) is 11.4 Å². The lowest BCUT2D eigenvalue weighted by Crippen LogP contribution is -2.15. The number of benzene rings is 3. The van der Waals surface area contributed by atoms with Crippen molar-refractivity contribution in [3.05, 3.63) is 94.2 Å². The number of hydrogen-bond donors (Lipinski definition) is 1. The van der Waals surface area contributed by atoms with E-state index in [1.807, 2.05) is 91.2 Å². The SMILES string of the molecule is Cc1ccc(-n2c(COc3ccccc3)nnc2SCC(=O)Nc2ccc(Br)cc2C)cc1. The molecule has 0 unspecified atom stereocenters.